The molecule has 2 nitrogen and oxygen atoms in total. The summed E-state index contributed by atoms with van der Waals surface area (Å²) in [5.41, 5.74) is 7.38. The van der Waals surface area contributed by atoms with Gasteiger partial charge in [-0.2, -0.15) is 0 Å². The summed E-state index contributed by atoms with van der Waals surface area (Å²) < 4.78 is 0. The van der Waals surface area contributed by atoms with Crippen LogP contribution < -0.4 is 5.73 Å². The molecule has 0 fully saturated rings. The van der Waals surface area contributed by atoms with Gasteiger partial charge in [0.15, 0.2) is 0 Å². The third-order valence-electron chi connectivity index (χ3n) is 1.45. The first-order valence-electron chi connectivity index (χ1n) is 3.41. The van der Waals surface area contributed by atoms with E-state index in [1.165, 1.54) is 0 Å². The lowest BCUT2D eigenvalue weighted by Crippen LogP contribution is -2.05. The average molecular weight is 146 g/mol. The third kappa shape index (κ3) is 1.79. The molecule has 0 saturated carbocycles. The van der Waals surface area contributed by atoms with E-state index in [4.69, 9.17) is 12.2 Å². The highest BCUT2D eigenvalue weighted by Gasteiger charge is 1.98. The third-order valence-corrected chi connectivity index (χ3v) is 1.45. The maximum atomic E-state index is 5.63. The van der Waals surface area contributed by atoms with Crippen molar-refractivity contribution in [1.29, 1.82) is 0 Å². The maximum absolute atomic E-state index is 5.63. The van der Waals surface area contributed by atoms with Crippen molar-refractivity contribution in [3.8, 4) is 12.3 Å². The van der Waals surface area contributed by atoms with Gasteiger partial charge in [0, 0.05) is 24.0 Å². The highest BCUT2D eigenvalue weighted by Crippen LogP contribution is 2.08. The van der Waals surface area contributed by atoms with E-state index in [0.29, 0.717) is 0 Å². The van der Waals surface area contributed by atoms with E-state index in [-0.39, 0.29) is 6.04 Å². The summed E-state index contributed by atoms with van der Waals surface area (Å²) in [5.74, 6) is 2.50. The molecule has 1 aromatic rings. The zero-order valence-corrected chi connectivity index (χ0v) is 6.41. The van der Waals surface area contributed by atoms with Crippen LogP contribution in [0.1, 0.15) is 24.1 Å². The summed E-state index contributed by atoms with van der Waals surface area (Å²) in [6, 6.07) is 1.87. The molecule has 0 aliphatic carbocycles. The van der Waals surface area contributed by atoms with E-state index in [1.807, 2.05) is 13.0 Å². The van der Waals surface area contributed by atoms with Crippen LogP contribution in [0.15, 0.2) is 18.5 Å². The molecule has 2 N–H and O–H groups in total. The van der Waals surface area contributed by atoms with Crippen LogP contribution in [0.4, 0.5) is 0 Å². The number of hydrogen-bond acceptors (Lipinski definition) is 2. The Balaban J connectivity index is 3.03. The Kier molecular flexibility index (Phi) is 2.25. The van der Waals surface area contributed by atoms with E-state index in [9.17, 15) is 0 Å². The predicted molar refractivity (Wildman–Crippen MR) is 44.8 cm³/mol. The van der Waals surface area contributed by atoms with Crippen LogP contribution in [-0.2, 0) is 0 Å². The lowest BCUT2D eigenvalue weighted by molar-refractivity contribution is 0.811. The van der Waals surface area contributed by atoms with Gasteiger partial charge in [-0.05, 0) is 18.6 Å². The molecule has 0 amide bonds. The largest absolute Gasteiger partial charge is 0.324 e. The molecule has 2 heteroatoms. The smallest absolute Gasteiger partial charge is 0.0429 e. The van der Waals surface area contributed by atoms with E-state index >= 15 is 0 Å². The van der Waals surface area contributed by atoms with E-state index in [1.54, 1.807) is 12.4 Å². The average Bonchev–Trinajstić information content (AvgIpc) is 2.05. The van der Waals surface area contributed by atoms with E-state index in [0.717, 1.165) is 11.1 Å². The van der Waals surface area contributed by atoms with Crippen LogP contribution in [0.2, 0.25) is 0 Å². The standard InChI is InChI=1S/C9H10N2/c1-3-8-4-9(7(2)10)6-11-5-8/h1,4-7H,10H2,2H3/t7-/m1/s1. The van der Waals surface area contributed by atoms with Crippen LogP contribution in [-0.4, -0.2) is 4.98 Å². The molecule has 1 heterocycles. The van der Waals surface area contributed by atoms with Gasteiger partial charge in [-0.25, -0.2) is 0 Å². The van der Waals surface area contributed by atoms with Crippen LogP contribution >= 0.6 is 0 Å². The molecule has 0 unspecified atom stereocenters. The zero-order chi connectivity index (χ0) is 8.27. The first kappa shape index (κ1) is 7.77. The van der Waals surface area contributed by atoms with Crippen molar-refractivity contribution in [3.05, 3.63) is 29.6 Å². The van der Waals surface area contributed by atoms with Gasteiger partial charge >= 0.3 is 0 Å². The van der Waals surface area contributed by atoms with Crippen LogP contribution in [0.3, 0.4) is 0 Å². The fourth-order valence-electron chi connectivity index (χ4n) is 0.786. The molecule has 56 valence electrons. The summed E-state index contributed by atoms with van der Waals surface area (Å²) in [6.07, 6.45) is 8.56. The van der Waals surface area contributed by atoms with Gasteiger partial charge in [-0.3, -0.25) is 4.98 Å². The molecular formula is C9H10N2. The topological polar surface area (TPSA) is 38.9 Å². The van der Waals surface area contributed by atoms with E-state index in [2.05, 4.69) is 10.9 Å². The molecule has 0 aromatic carbocycles. The highest BCUT2D eigenvalue weighted by atomic mass is 14.7. The summed E-state index contributed by atoms with van der Waals surface area (Å²) in [5, 5.41) is 0. The van der Waals surface area contributed by atoms with Gasteiger partial charge in [0.05, 0.1) is 0 Å². The number of pyridine rings is 1. The summed E-state index contributed by atoms with van der Waals surface area (Å²) in [7, 11) is 0. The molecule has 0 saturated heterocycles. The van der Waals surface area contributed by atoms with Crippen molar-refractivity contribution in [1.82, 2.24) is 4.98 Å². The molecule has 0 radical (unpaired) electrons. The van der Waals surface area contributed by atoms with Crippen molar-refractivity contribution in [2.45, 2.75) is 13.0 Å². The van der Waals surface area contributed by atoms with Gasteiger partial charge in [0.1, 0.15) is 0 Å². The van der Waals surface area contributed by atoms with Crippen molar-refractivity contribution in [2.75, 3.05) is 0 Å². The summed E-state index contributed by atoms with van der Waals surface area (Å²) >= 11 is 0. The molecule has 1 aromatic heterocycles. The SMILES string of the molecule is C#Cc1cncc([C@@H](C)N)c1. The fraction of sp³-hybridized carbons (Fsp3) is 0.222. The molecule has 0 bridgehead atoms. The van der Waals surface area contributed by atoms with Crippen molar-refractivity contribution < 1.29 is 0 Å². The second-order valence-corrected chi connectivity index (χ2v) is 2.44. The Morgan fingerprint density at radius 3 is 2.91 bits per heavy atom. The first-order valence-corrected chi connectivity index (χ1v) is 3.41. The monoisotopic (exact) mass is 146 g/mol. The molecule has 0 spiro atoms. The molecule has 0 aliphatic rings. The van der Waals surface area contributed by atoms with Crippen LogP contribution in [0.25, 0.3) is 0 Å². The van der Waals surface area contributed by atoms with Gasteiger partial charge in [0.2, 0.25) is 0 Å². The maximum Gasteiger partial charge on any atom is 0.0429 e. The Labute approximate surface area is 66.4 Å². The fourth-order valence-corrected chi connectivity index (χ4v) is 0.786. The lowest BCUT2D eigenvalue weighted by Gasteiger charge is -2.03. The van der Waals surface area contributed by atoms with Crippen LogP contribution in [0.5, 0.6) is 0 Å². The minimum atomic E-state index is -0.00389. The Morgan fingerprint density at radius 2 is 2.36 bits per heavy atom. The number of rotatable bonds is 1. The second kappa shape index (κ2) is 3.18. The first-order chi connectivity index (χ1) is 5.24. The molecular weight excluding hydrogens is 136 g/mol. The van der Waals surface area contributed by atoms with Crippen molar-refractivity contribution >= 4 is 0 Å². The molecule has 0 aliphatic heterocycles. The lowest BCUT2D eigenvalue weighted by atomic mass is 10.1. The minimum Gasteiger partial charge on any atom is -0.324 e. The summed E-state index contributed by atoms with van der Waals surface area (Å²) in [6.45, 7) is 1.90. The van der Waals surface area contributed by atoms with Crippen molar-refractivity contribution in [2.24, 2.45) is 5.73 Å². The predicted octanol–water partition coefficient (Wildman–Crippen LogP) is 1.08. The number of terminal acetylenes is 1. The Bertz CT molecular complexity index is 284. The second-order valence-electron chi connectivity index (χ2n) is 2.44. The molecule has 1 rings (SSSR count). The normalized spacial score (nSPS) is 12.1. The number of nitrogens with zero attached hydrogens (tertiary/aromatic N) is 1. The van der Waals surface area contributed by atoms with Gasteiger partial charge in [-0.15, -0.1) is 6.42 Å². The van der Waals surface area contributed by atoms with Crippen LogP contribution in [0, 0.1) is 12.3 Å². The summed E-state index contributed by atoms with van der Waals surface area (Å²) in [4.78, 5) is 3.95. The molecule has 1 atom stereocenters. The quantitative estimate of drug-likeness (QED) is 0.602. The number of hydrogen-bond donors (Lipinski definition) is 1. The van der Waals surface area contributed by atoms with E-state index < -0.39 is 0 Å². The van der Waals surface area contributed by atoms with Gasteiger partial charge in [0.25, 0.3) is 0 Å². The number of aromatic nitrogens is 1. The Hall–Kier alpha value is -1.33. The minimum absolute atomic E-state index is 0.00389. The Morgan fingerprint density at radius 1 is 1.64 bits per heavy atom. The van der Waals surface area contributed by atoms with Gasteiger partial charge in [-0.1, -0.05) is 5.92 Å². The number of nitrogens with two attached hydrogens (primary N) is 1. The highest BCUT2D eigenvalue weighted by molar-refractivity contribution is 5.32. The van der Waals surface area contributed by atoms with Crippen molar-refractivity contribution in [3.63, 3.8) is 0 Å². The molecule has 11 heavy (non-hydrogen) atoms. The zero-order valence-electron chi connectivity index (χ0n) is 6.41. The van der Waals surface area contributed by atoms with Gasteiger partial charge < -0.3 is 5.73 Å².